The number of carbonyl (C=O) groups excluding carboxylic acids is 1. The Hall–Kier alpha value is -1.36. The molecule has 0 atom stereocenters. The smallest absolute Gasteiger partial charge is 0.225 e. The fourth-order valence-electron chi connectivity index (χ4n) is 3.53. The van der Waals surface area contributed by atoms with Crippen molar-refractivity contribution >= 4 is 28.8 Å². The lowest BCUT2D eigenvalue weighted by Crippen LogP contribution is -2.50. The van der Waals surface area contributed by atoms with Crippen LogP contribution in [0.3, 0.4) is 0 Å². The minimum absolute atomic E-state index is 0.321. The maximum absolute atomic E-state index is 12.3. The third-order valence-corrected chi connectivity index (χ3v) is 6.75. The molecule has 25 heavy (non-hydrogen) atoms. The van der Waals surface area contributed by atoms with Crippen LogP contribution < -0.4 is 0 Å². The molecule has 1 aliphatic carbocycles. The predicted molar refractivity (Wildman–Crippen MR) is 104 cm³/mol. The zero-order chi connectivity index (χ0) is 17.2. The first-order chi connectivity index (χ1) is 12.2. The minimum Gasteiger partial charge on any atom is -0.340 e. The van der Waals surface area contributed by atoms with Crippen LogP contribution in [0.4, 0.5) is 0 Å². The van der Waals surface area contributed by atoms with Gasteiger partial charge in [0.1, 0.15) is 0 Å². The monoisotopic (exact) mass is 374 g/mol. The number of rotatable bonds is 4. The predicted octanol–water partition coefficient (Wildman–Crippen LogP) is 4.51. The molecule has 1 amide bonds. The molecule has 1 aromatic heterocycles. The maximum atomic E-state index is 12.3. The van der Waals surface area contributed by atoms with Gasteiger partial charge in [0, 0.05) is 59.0 Å². The highest BCUT2D eigenvalue weighted by atomic mass is 35.5. The van der Waals surface area contributed by atoms with E-state index in [1.807, 2.05) is 29.5 Å². The molecule has 1 saturated carbocycles. The third-order valence-electron chi connectivity index (χ3n) is 5.32. The van der Waals surface area contributed by atoms with Crippen molar-refractivity contribution in [2.45, 2.75) is 25.8 Å². The molecular formula is C20H23ClN2OS. The van der Waals surface area contributed by atoms with Gasteiger partial charge < -0.3 is 4.90 Å². The SMILES string of the molecule is O=C(C1CCC1)N1CCN(Cc2ccc(-c3ccccc3Cl)s2)CC1. The van der Waals surface area contributed by atoms with E-state index in [-0.39, 0.29) is 0 Å². The average molecular weight is 375 g/mol. The topological polar surface area (TPSA) is 23.6 Å². The molecule has 1 aromatic carbocycles. The van der Waals surface area contributed by atoms with E-state index in [1.165, 1.54) is 16.2 Å². The third kappa shape index (κ3) is 3.76. The Morgan fingerprint density at radius 2 is 1.84 bits per heavy atom. The minimum atomic E-state index is 0.321. The summed E-state index contributed by atoms with van der Waals surface area (Å²) in [5.74, 6) is 0.713. The van der Waals surface area contributed by atoms with Crippen molar-refractivity contribution < 1.29 is 4.79 Å². The van der Waals surface area contributed by atoms with E-state index in [0.717, 1.165) is 56.2 Å². The van der Waals surface area contributed by atoms with Gasteiger partial charge in [-0.3, -0.25) is 9.69 Å². The normalized spacial score (nSPS) is 19.0. The highest BCUT2D eigenvalue weighted by molar-refractivity contribution is 7.15. The average Bonchev–Trinajstić information content (AvgIpc) is 3.02. The summed E-state index contributed by atoms with van der Waals surface area (Å²) in [7, 11) is 0. The molecule has 0 N–H and O–H groups in total. The molecule has 0 spiro atoms. The van der Waals surface area contributed by atoms with Crippen LogP contribution in [-0.2, 0) is 11.3 Å². The van der Waals surface area contributed by atoms with Crippen LogP contribution in [0.2, 0.25) is 5.02 Å². The van der Waals surface area contributed by atoms with E-state index in [1.54, 1.807) is 0 Å². The van der Waals surface area contributed by atoms with E-state index in [0.29, 0.717) is 11.8 Å². The van der Waals surface area contributed by atoms with Gasteiger partial charge in [-0.15, -0.1) is 11.3 Å². The van der Waals surface area contributed by atoms with Crippen molar-refractivity contribution in [2.24, 2.45) is 5.92 Å². The molecule has 2 aromatic rings. The number of nitrogens with zero attached hydrogens (tertiary/aromatic N) is 2. The molecule has 2 aliphatic rings. The molecule has 1 aliphatic heterocycles. The molecule has 1 saturated heterocycles. The second kappa shape index (κ2) is 7.48. The quantitative estimate of drug-likeness (QED) is 0.785. The first-order valence-electron chi connectivity index (χ1n) is 9.05. The fraction of sp³-hybridized carbons (Fsp3) is 0.450. The van der Waals surface area contributed by atoms with Gasteiger partial charge in [0.25, 0.3) is 0 Å². The maximum Gasteiger partial charge on any atom is 0.225 e. The van der Waals surface area contributed by atoms with E-state index >= 15 is 0 Å². The Balaban J connectivity index is 1.33. The van der Waals surface area contributed by atoms with Crippen molar-refractivity contribution in [3.05, 3.63) is 46.3 Å². The van der Waals surface area contributed by atoms with Crippen LogP contribution in [0.5, 0.6) is 0 Å². The van der Waals surface area contributed by atoms with Gasteiger partial charge in [-0.2, -0.15) is 0 Å². The summed E-state index contributed by atoms with van der Waals surface area (Å²) in [5, 5.41) is 0.805. The number of benzene rings is 1. The van der Waals surface area contributed by atoms with Gasteiger partial charge in [0.05, 0.1) is 0 Å². The first kappa shape index (κ1) is 17.1. The van der Waals surface area contributed by atoms with Crippen molar-refractivity contribution in [3.63, 3.8) is 0 Å². The van der Waals surface area contributed by atoms with Crippen LogP contribution in [0.15, 0.2) is 36.4 Å². The highest BCUT2D eigenvalue weighted by Crippen LogP contribution is 2.34. The number of carbonyl (C=O) groups is 1. The largest absolute Gasteiger partial charge is 0.340 e. The van der Waals surface area contributed by atoms with Crippen LogP contribution >= 0.6 is 22.9 Å². The van der Waals surface area contributed by atoms with Gasteiger partial charge in [-0.1, -0.05) is 36.2 Å². The summed E-state index contributed by atoms with van der Waals surface area (Å²) >= 11 is 8.12. The summed E-state index contributed by atoms with van der Waals surface area (Å²) < 4.78 is 0. The molecule has 4 rings (SSSR count). The summed E-state index contributed by atoms with van der Waals surface area (Å²) in [4.78, 5) is 19.4. The number of piperazine rings is 1. The Kier molecular flexibility index (Phi) is 5.11. The number of thiophene rings is 1. The zero-order valence-electron chi connectivity index (χ0n) is 14.3. The highest BCUT2D eigenvalue weighted by Gasteiger charge is 2.31. The molecule has 0 radical (unpaired) electrons. The lowest BCUT2D eigenvalue weighted by atomic mass is 9.84. The van der Waals surface area contributed by atoms with E-state index < -0.39 is 0 Å². The Morgan fingerprint density at radius 1 is 1.08 bits per heavy atom. The second-order valence-corrected chi connectivity index (χ2v) is 8.55. The molecule has 5 heteroatoms. The number of amides is 1. The molecule has 132 valence electrons. The summed E-state index contributed by atoms with van der Waals surface area (Å²) in [6.45, 7) is 4.65. The van der Waals surface area contributed by atoms with E-state index in [9.17, 15) is 4.79 Å². The summed E-state index contributed by atoms with van der Waals surface area (Å²) in [6.07, 6.45) is 3.42. The van der Waals surface area contributed by atoms with Gasteiger partial charge in [0.2, 0.25) is 5.91 Å². The van der Waals surface area contributed by atoms with Crippen molar-refractivity contribution in [1.82, 2.24) is 9.80 Å². The first-order valence-corrected chi connectivity index (χ1v) is 10.2. The van der Waals surface area contributed by atoms with Gasteiger partial charge >= 0.3 is 0 Å². The number of hydrogen-bond acceptors (Lipinski definition) is 3. The van der Waals surface area contributed by atoms with Crippen LogP contribution in [0.1, 0.15) is 24.1 Å². The fourth-order valence-corrected chi connectivity index (χ4v) is 4.91. The van der Waals surface area contributed by atoms with Gasteiger partial charge in [0.15, 0.2) is 0 Å². The van der Waals surface area contributed by atoms with Crippen molar-refractivity contribution in [3.8, 4) is 10.4 Å². The molecular weight excluding hydrogens is 352 g/mol. The number of halogens is 1. The standard InChI is InChI=1S/C20H23ClN2OS/c21-18-7-2-1-6-17(18)19-9-8-16(25-19)14-22-10-12-23(13-11-22)20(24)15-4-3-5-15/h1-2,6-9,15H,3-5,10-14H2. The Morgan fingerprint density at radius 3 is 2.52 bits per heavy atom. The van der Waals surface area contributed by atoms with Crippen LogP contribution in [-0.4, -0.2) is 41.9 Å². The number of hydrogen-bond donors (Lipinski definition) is 0. The van der Waals surface area contributed by atoms with Crippen molar-refractivity contribution in [2.75, 3.05) is 26.2 Å². The molecule has 3 nitrogen and oxygen atoms in total. The van der Waals surface area contributed by atoms with Crippen LogP contribution in [0.25, 0.3) is 10.4 Å². The lowest BCUT2D eigenvalue weighted by molar-refractivity contribution is -0.140. The summed E-state index contributed by atoms with van der Waals surface area (Å²) in [6, 6.07) is 12.4. The van der Waals surface area contributed by atoms with Crippen molar-refractivity contribution in [1.29, 1.82) is 0 Å². The van der Waals surface area contributed by atoms with Gasteiger partial charge in [-0.25, -0.2) is 0 Å². The van der Waals surface area contributed by atoms with Gasteiger partial charge in [-0.05, 0) is 31.0 Å². The second-order valence-electron chi connectivity index (χ2n) is 6.98. The van der Waals surface area contributed by atoms with Crippen LogP contribution in [0, 0.1) is 5.92 Å². The molecule has 0 unspecified atom stereocenters. The zero-order valence-corrected chi connectivity index (χ0v) is 15.9. The van der Waals surface area contributed by atoms with E-state index in [4.69, 9.17) is 11.6 Å². The molecule has 0 bridgehead atoms. The lowest BCUT2D eigenvalue weighted by Gasteiger charge is -2.38. The Bertz CT molecular complexity index is 748. The molecule has 2 heterocycles. The van der Waals surface area contributed by atoms with E-state index in [2.05, 4.69) is 28.0 Å². The molecule has 2 fully saturated rings. The summed E-state index contributed by atoms with van der Waals surface area (Å²) in [5.41, 5.74) is 1.11. The Labute approximate surface area is 158 Å².